The minimum atomic E-state index is -0.332. The zero-order chi connectivity index (χ0) is 18.4. The number of nitrogens with one attached hydrogen (secondary N) is 2. The van der Waals surface area contributed by atoms with E-state index in [-0.39, 0.29) is 11.6 Å². The van der Waals surface area contributed by atoms with Gasteiger partial charge >= 0.3 is 0 Å². The number of methoxy groups -OCH3 is 2. The smallest absolute Gasteiger partial charge is 0.274 e. The monoisotopic (exact) mass is 344 g/mol. The topological polar surface area (TPSA) is 85.4 Å². The first kappa shape index (κ1) is 18.5. The molecular weight excluding hydrogens is 320 g/mol. The molecule has 2 N–H and O–H groups in total. The number of benzene rings is 1. The Kier molecular flexibility index (Phi) is 6.16. The van der Waals surface area contributed by atoms with E-state index in [1.165, 1.54) is 7.11 Å². The molecular formula is C18H24N4O3. The van der Waals surface area contributed by atoms with E-state index < -0.39 is 0 Å². The number of rotatable bonds is 7. The molecule has 1 aromatic heterocycles. The lowest BCUT2D eigenvalue weighted by Gasteiger charge is -2.13. The Bertz CT molecular complexity index is 747. The summed E-state index contributed by atoms with van der Waals surface area (Å²) >= 11 is 0. The number of amides is 1. The molecule has 0 saturated heterocycles. The van der Waals surface area contributed by atoms with Crippen LogP contribution in [0.5, 0.6) is 11.5 Å². The average molecular weight is 344 g/mol. The third kappa shape index (κ3) is 5.07. The minimum Gasteiger partial charge on any atom is -0.497 e. The van der Waals surface area contributed by atoms with E-state index in [0.29, 0.717) is 34.7 Å². The van der Waals surface area contributed by atoms with E-state index in [0.717, 1.165) is 6.54 Å². The fourth-order valence-electron chi connectivity index (χ4n) is 2.17. The second-order valence-electron chi connectivity index (χ2n) is 5.98. The van der Waals surface area contributed by atoms with E-state index in [1.54, 1.807) is 38.3 Å². The van der Waals surface area contributed by atoms with Gasteiger partial charge in [-0.3, -0.25) is 4.79 Å². The van der Waals surface area contributed by atoms with Crippen LogP contribution in [0.1, 0.15) is 30.2 Å². The molecule has 0 unspecified atom stereocenters. The van der Waals surface area contributed by atoms with Crippen molar-refractivity contribution in [3.63, 3.8) is 0 Å². The standard InChI is InChI=1S/C18H24N4O3/c1-11(2)10-19-17-9-15(20-12(3)21-17)18(23)22-14-7-6-13(24-4)8-16(14)25-5/h6-9,11H,10H2,1-5H3,(H,22,23)(H,19,20,21). The number of aromatic nitrogens is 2. The molecule has 7 nitrogen and oxygen atoms in total. The van der Waals surface area contributed by atoms with Crippen molar-refractivity contribution >= 4 is 17.4 Å². The van der Waals surface area contributed by atoms with Gasteiger partial charge in [0.25, 0.3) is 5.91 Å². The van der Waals surface area contributed by atoms with Gasteiger partial charge in [-0.1, -0.05) is 13.8 Å². The van der Waals surface area contributed by atoms with Crippen molar-refractivity contribution in [1.29, 1.82) is 0 Å². The fraction of sp³-hybridized carbons (Fsp3) is 0.389. The summed E-state index contributed by atoms with van der Waals surface area (Å²) in [7, 11) is 3.11. The Morgan fingerprint density at radius 2 is 1.92 bits per heavy atom. The molecule has 2 aromatic rings. The first-order chi connectivity index (χ1) is 11.9. The molecule has 0 aliphatic rings. The summed E-state index contributed by atoms with van der Waals surface area (Å²) in [6.07, 6.45) is 0. The third-order valence-electron chi connectivity index (χ3n) is 3.42. The van der Waals surface area contributed by atoms with Crippen LogP contribution >= 0.6 is 0 Å². The van der Waals surface area contributed by atoms with Crippen LogP contribution in [0.2, 0.25) is 0 Å². The summed E-state index contributed by atoms with van der Waals surface area (Å²) in [6.45, 7) is 6.73. The SMILES string of the molecule is COc1ccc(NC(=O)c2cc(NCC(C)C)nc(C)n2)c(OC)c1. The molecule has 1 amide bonds. The highest BCUT2D eigenvalue weighted by Gasteiger charge is 2.14. The van der Waals surface area contributed by atoms with Crippen molar-refractivity contribution in [2.24, 2.45) is 5.92 Å². The van der Waals surface area contributed by atoms with Crippen LogP contribution in [-0.2, 0) is 0 Å². The van der Waals surface area contributed by atoms with Gasteiger partial charge in [0.1, 0.15) is 28.8 Å². The molecule has 2 rings (SSSR count). The number of carbonyl (C=O) groups excluding carboxylic acids is 1. The normalized spacial score (nSPS) is 10.5. The predicted molar refractivity (Wildman–Crippen MR) is 97.6 cm³/mol. The molecule has 25 heavy (non-hydrogen) atoms. The summed E-state index contributed by atoms with van der Waals surface area (Å²) in [4.78, 5) is 21.1. The lowest BCUT2D eigenvalue weighted by Crippen LogP contribution is -2.17. The van der Waals surface area contributed by atoms with Crippen LogP contribution in [0.4, 0.5) is 11.5 Å². The van der Waals surface area contributed by atoms with Crippen molar-refractivity contribution in [2.75, 3.05) is 31.4 Å². The Morgan fingerprint density at radius 1 is 1.16 bits per heavy atom. The van der Waals surface area contributed by atoms with Crippen LogP contribution in [0.25, 0.3) is 0 Å². The van der Waals surface area contributed by atoms with Crippen molar-refractivity contribution < 1.29 is 14.3 Å². The molecule has 1 aromatic carbocycles. The first-order valence-electron chi connectivity index (χ1n) is 8.06. The van der Waals surface area contributed by atoms with Gasteiger partial charge < -0.3 is 20.1 Å². The van der Waals surface area contributed by atoms with E-state index >= 15 is 0 Å². The number of nitrogens with zero attached hydrogens (tertiary/aromatic N) is 2. The summed E-state index contributed by atoms with van der Waals surface area (Å²) in [6, 6.07) is 6.82. The highest BCUT2D eigenvalue weighted by atomic mass is 16.5. The fourth-order valence-corrected chi connectivity index (χ4v) is 2.17. The number of ether oxygens (including phenoxy) is 2. The van der Waals surface area contributed by atoms with E-state index in [2.05, 4.69) is 34.4 Å². The number of hydrogen-bond acceptors (Lipinski definition) is 6. The van der Waals surface area contributed by atoms with Gasteiger partial charge in [-0.2, -0.15) is 0 Å². The number of carbonyl (C=O) groups is 1. The summed E-state index contributed by atoms with van der Waals surface area (Å²) < 4.78 is 10.5. The Hall–Kier alpha value is -2.83. The zero-order valence-electron chi connectivity index (χ0n) is 15.2. The molecule has 0 aliphatic carbocycles. The van der Waals surface area contributed by atoms with Crippen LogP contribution < -0.4 is 20.1 Å². The van der Waals surface area contributed by atoms with Gasteiger partial charge in [0.15, 0.2) is 0 Å². The van der Waals surface area contributed by atoms with Gasteiger partial charge in [-0.25, -0.2) is 9.97 Å². The molecule has 1 heterocycles. The molecule has 0 radical (unpaired) electrons. The number of hydrogen-bond donors (Lipinski definition) is 2. The molecule has 0 bridgehead atoms. The third-order valence-corrected chi connectivity index (χ3v) is 3.42. The van der Waals surface area contributed by atoms with Crippen LogP contribution in [0.3, 0.4) is 0 Å². The Balaban J connectivity index is 2.20. The average Bonchev–Trinajstić information content (AvgIpc) is 2.59. The first-order valence-corrected chi connectivity index (χ1v) is 8.06. The van der Waals surface area contributed by atoms with Crippen molar-refractivity contribution in [3.05, 3.63) is 35.8 Å². The molecule has 7 heteroatoms. The van der Waals surface area contributed by atoms with Gasteiger partial charge in [0.05, 0.1) is 19.9 Å². The second kappa shape index (κ2) is 8.32. The van der Waals surface area contributed by atoms with Gasteiger partial charge in [0, 0.05) is 18.7 Å². The van der Waals surface area contributed by atoms with E-state index in [1.807, 2.05) is 0 Å². The van der Waals surface area contributed by atoms with Crippen LogP contribution in [-0.4, -0.2) is 36.6 Å². The van der Waals surface area contributed by atoms with Crippen molar-refractivity contribution in [1.82, 2.24) is 9.97 Å². The lowest BCUT2D eigenvalue weighted by molar-refractivity contribution is 0.102. The number of aryl methyl sites for hydroxylation is 1. The van der Waals surface area contributed by atoms with Gasteiger partial charge in [-0.05, 0) is 25.0 Å². The predicted octanol–water partition coefficient (Wildman–Crippen LogP) is 3.12. The highest BCUT2D eigenvalue weighted by Crippen LogP contribution is 2.29. The van der Waals surface area contributed by atoms with Gasteiger partial charge in [-0.15, -0.1) is 0 Å². The maximum atomic E-state index is 12.6. The molecule has 0 aliphatic heterocycles. The summed E-state index contributed by atoms with van der Waals surface area (Å²) in [5.74, 6) is 2.45. The highest BCUT2D eigenvalue weighted by molar-refractivity contribution is 6.04. The molecule has 0 atom stereocenters. The summed E-state index contributed by atoms with van der Waals surface area (Å²) in [5.41, 5.74) is 0.831. The molecule has 0 spiro atoms. The second-order valence-corrected chi connectivity index (χ2v) is 5.98. The van der Waals surface area contributed by atoms with Crippen molar-refractivity contribution in [3.8, 4) is 11.5 Å². The lowest BCUT2D eigenvalue weighted by atomic mass is 10.2. The maximum Gasteiger partial charge on any atom is 0.274 e. The number of anilines is 2. The molecule has 0 saturated carbocycles. The van der Waals surface area contributed by atoms with Crippen molar-refractivity contribution in [2.45, 2.75) is 20.8 Å². The Labute approximate surface area is 147 Å². The maximum absolute atomic E-state index is 12.6. The Morgan fingerprint density at radius 3 is 2.56 bits per heavy atom. The van der Waals surface area contributed by atoms with E-state index in [4.69, 9.17) is 9.47 Å². The van der Waals surface area contributed by atoms with Gasteiger partial charge in [0.2, 0.25) is 0 Å². The quantitative estimate of drug-likeness (QED) is 0.803. The molecule has 0 fully saturated rings. The van der Waals surface area contributed by atoms with E-state index in [9.17, 15) is 4.79 Å². The van der Waals surface area contributed by atoms with Crippen LogP contribution in [0, 0.1) is 12.8 Å². The molecule has 134 valence electrons. The minimum absolute atomic E-state index is 0.289. The van der Waals surface area contributed by atoms with Crippen LogP contribution in [0.15, 0.2) is 24.3 Å². The summed E-state index contributed by atoms with van der Waals surface area (Å²) in [5, 5.41) is 6.02. The zero-order valence-corrected chi connectivity index (χ0v) is 15.2. The largest absolute Gasteiger partial charge is 0.497 e.